The van der Waals surface area contributed by atoms with Crippen LogP contribution in [-0.2, 0) is 0 Å². The van der Waals surface area contributed by atoms with Gasteiger partial charge >= 0.3 is 0 Å². The van der Waals surface area contributed by atoms with Gasteiger partial charge in [-0.1, -0.05) is 13.8 Å². The van der Waals surface area contributed by atoms with Crippen molar-refractivity contribution < 1.29 is 0 Å². The molecule has 17 heavy (non-hydrogen) atoms. The maximum atomic E-state index is 11.3. The van der Waals surface area contributed by atoms with Crippen LogP contribution in [0.2, 0.25) is 0 Å². The van der Waals surface area contributed by atoms with Gasteiger partial charge in [0, 0.05) is 6.54 Å². The summed E-state index contributed by atoms with van der Waals surface area (Å²) in [6.07, 6.45) is 2.48. The Morgan fingerprint density at radius 1 is 1.47 bits per heavy atom. The van der Waals surface area contributed by atoms with E-state index in [2.05, 4.69) is 34.0 Å². The predicted octanol–water partition coefficient (Wildman–Crippen LogP) is 1.52. The van der Waals surface area contributed by atoms with E-state index in [9.17, 15) is 4.79 Å². The molecule has 0 saturated heterocycles. The van der Waals surface area contributed by atoms with Crippen LogP contribution in [0.3, 0.4) is 0 Å². The second-order valence-electron chi connectivity index (χ2n) is 3.70. The molecule has 0 aliphatic heterocycles. The van der Waals surface area contributed by atoms with Gasteiger partial charge in [0.25, 0.3) is 5.56 Å². The van der Waals surface area contributed by atoms with Crippen molar-refractivity contribution in [2.24, 2.45) is 0 Å². The van der Waals surface area contributed by atoms with Crippen LogP contribution in [0.15, 0.2) is 11.1 Å². The largest absolute Gasteiger partial charge is 0.369 e. The summed E-state index contributed by atoms with van der Waals surface area (Å²) < 4.78 is 0.618. The Morgan fingerprint density at radius 3 is 2.82 bits per heavy atom. The van der Waals surface area contributed by atoms with Gasteiger partial charge in [-0.15, -0.1) is 0 Å². The minimum absolute atomic E-state index is 0.0909. The van der Waals surface area contributed by atoms with Crippen molar-refractivity contribution in [2.45, 2.75) is 20.3 Å². The Morgan fingerprint density at radius 2 is 2.18 bits per heavy atom. The molecular weight excluding hydrogens is 331 g/mol. The van der Waals surface area contributed by atoms with Crippen molar-refractivity contribution >= 4 is 28.4 Å². The Hall–Kier alpha value is -0.630. The van der Waals surface area contributed by atoms with Gasteiger partial charge in [0.1, 0.15) is 9.39 Å². The highest BCUT2D eigenvalue weighted by molar-refractivity contribution is 14.1. The average Bonchev–Trinajstić information content (AvgIpc) is 2.34. The zero-order valence-electron chi connectivity index (χ0n) is 10.3. The van der Waals surface area contributed by atoms with E-state index in [1.807, 2.05) is 22.6 Å². The normalized spacial score (nSPS) is 10.8. The second kappa shape index (κ2) is 7.65. The molecule has 1 aromatic rings. The van der Waals surface area contributed by atoms with Crippen molar-refractivity contribution in [3.63, 3.8) is 0 Å². The van der Waals surface area contributed by atoms with Crippen molar-refractivity contribution in [1.82, 2.24) is 14.9 Å². The number of H-pyrrole nitrogens is 1. The summed E-state index contributed by atoms with van der Waals surface area (Å²) in [7, 11) is 0. The van der Waals surface area contributed by atoms with E-state index in [1.165, 1.54) is 6.33 Å². The molecular formula is C11H19IN4O. The van der Waals surface area contributed by atoms with E-state index < -0.39 is 0 Å². The first-order chi connectivity index (χ1) is 8.19. The number of hydrogen-bond acceptors (Lipinski definition) is 4. The van der Waals surface area contributed by atoms with Crippen LogP contribution in [0.25, 0.3) is 0 Å². The van der Waals surface area contributed by atoms with Crippen molar-refractivity contribution in [1.29, 1.82) is 0 Å². The maximum Gasteiger partial charge on any atom is 0.266 e. The summed E-state index contributed by atoms with van der Waals surface area (Å²) in [6, 6.07) is 0. The Balaban J connectivity index is 2.36. The van der Waals surface area contributed by atoms with Crippen LogP contribution in [-0.4, -0.2) is 41.0 Å². The van der Waals surface area contributed by atoms with Gasteiger partial charge in [0.05, 0.1) is 6.33 Å². The number of halogens is 1. The Labute approximate surface area is 115 Å². The molecule has 0 amide bonds. The first-order valence-electron chi connectivity index (χ1n) is 5.88. The molecule has 0 fully saturated rings. The van der Waals surface area contributed by atoms with Gasteiger partial charge < -0.3 is 15.2 Å². The summed E-state index contributed by atoms with van der Waals surface area (Å²) in [5.41, 5.74) is -0.0909. The lowest BCUT2D eigenvalue weighted by molar-refractivity contribution is 0.303. The van der Waals surface area contributed by atoms with Crippen LogP contribution in [0, 0.1) is 3.57 Å². The summed E-state index contributed by atoms with van der Waals surface area (Å²) in [4.78, 5) is 20.3. The standard InChI is InChI=1S/C11H19IN4O/c1-3-16(4-2)7-5-6-13-10-9(12)11(17)15-8-14-10/h8H,3-7H2,1-2H3,(H2,13,14,15,17). The van der Waals surface area contributed by atoms with Crippen LogP contribution < -0.4 is 10.9 Å². The topological polar surface area (TPSA) is 61.0 Å². The number of aromatic amines is 1. The highest BCUT2D eigenvalue weighted by Crippen LogP contribution is 2.08. The third-order valence-electron chi connectivity index (χ3n) is 2.63. The summed E-state index contributed by atoms with van der Waals surface area (Å²) >= 11 is 2.01. The van der Waals surface area contributed by atoms with E-state index in [4.69, 9.17) is 0 Å². The minimum Gasteiger partial charge on any atom is -0.369 e. The SMILES string of the molecule is CCN(CC)CCCNc1nc[nH]c(=O)c1I. The van der Waals surface area contributed by atoms with E-state index in [1.54, 1.807) is 0 Å². The molecule has 2 N–H and O–H groups in total. The lowest BCUT2D eigenvalue weighted by Gasteiger charge is -2.17. The molecule has 1 heterocycles. The molecule has 0 aromatic carbocycles. The van der Waals surface area contributed by atoms with Gasteiger partial charge in [0.15, 0.2) is 0 Å². The Kier molecular flexibility index (Phi) is 6.49. The average molecular weight is 350 g/mol. The first kappa shape index (κ1) is 14.4. The highest BCUT2D eigenvalue weighted by Gasteiger charge is 2.04. The zero-order valence-corrected chi connectivity index (χ0v) is 12.5. The molecule has 0 bridgehead atoms. The van der Waals surface area contributed by atoms with E-state index in [0.717, 1.165) is 32.6 Å². The Bertz CT molecular complexity index is 389. The fourth-order valence-corrected chi connectivity index (χ4v) is 2.04. The second-order valence-corrected chi connectivity index (χ2v) is 4.78. The fourth-order valence-electron chi connectivity index (χ4n) is 1.56. The third-order valence-corrected chi connectivity index (χ3v) is 3.64. The number of nitrogens with one attached hydrogen (secondary N) is 2. The van der Waals surface area contributed by atoms with Crippen molar-refractivity contribution in [2.75, 3.05) is 31.5 Å². The van der Waals surface area contributed by atoms with Crippen molar-refractivity contribution in [3.05, 3.63) is 20.3 Å². The van der Waals surface area contributed by atoms with Crippen molar-refractivity contribution in [3.8, 4) is 0 Å². The molecule has 0 radical (unpaired) electrons. The summed E-state index contributed by atoms with van der Waals surface area (Å²) in [6.45, 7) is 8.40. The summed E-state index contributed by atoms with van der Waals surface area (Å²) in [5, 5.41) is 3.19. The number of nitrogens with zero attached hydrogens (tertiary/aromatic N) is 2. The molecule has 96 valence electrons. The molecule has 1 rings (SSSR count). The molecule has 0 aliphatic carbocycles. The molecule has 0 aliphatic rings. The lowest BCUT2D eigenvalue weighted by atomic mass is 10.3. The smallest absolute Gasteiger partial charge is 0.266 e. The fraction of sp³-hybridized carbons (Fsp3) is 0.636. The van der Waals surface area contributed by atoms with Crippen LogP contribution >= 0.6 is 22.6 Å². The zero-order chi connectivity index (χ0) is 12.7. The molecule has 5 nitrogen and oxygen atoms in total. The highest BCUT2D eigenvalue weighted by atomic mass is 127. The predicted molar refractivity (Wildman–Crippen MR) is 78.5 cm³/mol. The van der Waals surface area contributed by atoms with E-state index in [-0.39, 0.29) is 5.56 Å². The van der Waals surface area contributed by atoms with Gasteiger partial charge in [-0.3, -0.25) is 4.79 Å². The molecule has 0 saturated carbocycles. The molecule has 1 aromatic heterocycles. The lowest BCUT2D eigenvalue weighted by Crippen LogP contribution is -2.25. The number of aromatic nitrogens is 2. The van der Waals surface area contributed by atoms with Crippen LogP contribution in [0.1, 0.15) is 20.3 Å². The number of rotatable bonds is 7. The summed E-state index contributed by atoms with van der Waals surface area (Å²) in [5.74, 6) is 0.675. The van der Waals surface area contributed by atoms with Crippen LogP contribution in [0.5, 0.6) is 0 Å². The van der Waals surface area contributed by atoms with Gasteiger partial charge in [-0.2, -0.15) is 0 Å². The van der Waals surface area contributed by atoms with Gasteiger partial charge in [-0.25, -0.2) is 4.98 Å². The van der Waals surface area contributed by atoms with Gasteiger partial charge in [-0.05, 0) is 48.6 Å². The molecule has 6 heteroatoms. The van der Waals surface area contributed by atoms with E-state index in [0.29, 0.717) is 9.39 Å². The molecule has 0 spiro atoms. The molecule has 0 unspecified atom stereocenters. The quantitative estimate of drug-likeness (QED) is 0.578. The first-order valence-corrected chi connectivity index (χ1v) is 6.96. The third kappa shape index (κ3) is 4.63. The molecule has 0 atom stereocenters. The van der Waals surface area contributed by atoms with Crippen LogP contribution in [0.4, 0.5) is 5.82 Å². The minimum atomic E-state index is -0.0909. The van der Waals surface area contributed by atoms with Gasteiger partial charge in [0.2, 0.25) is 0 Å². The maximum absolute atomic E-state index is 11.3. The van der Waals surface area contributed by atoms with E-state index >= 15 is 0 Å². The number of hydrogen-bond donors (Lipinski definition) is 2. The number of anilines is 1. The monoisotopic (exact) mass is 350 g/mol.